The second kappa shape index (κ2) is 11.9. The average Bonchev–Trinajstić information content (AvgIpc) is 3.37. The van der Waals surface area contributed by atoms with Crippen LogP contribution in [0.25, 0.3) is 11.3 Å². The lowest BCUT2D eigenvalue weighted by molar-refractivity contribution is -0.785. The van der Waals surface area contributed by atoms with E-state index in [1.54, 1.807) is 19.2 Å². The Morgan fingerprint density at radius 2 is 1.82 bits per heavy atom. The number of benzene rings is 1. The fourth-order valence-corrected chi connectivity index (χ4v) is 5.88. The van der Waals surface area contributed by atoms with E-state index in [9.17, 15) is 24.3 Å². The van der Waals surface area contributed by atoms with Gasteiger partial charge in [0.2, 0.25) is 0 Å². The lowest BCUT2D eigenvalue weighted by Crippen LogP contribution is -3.20. The molecule has 11 nitrogen and oxygen atoms in total. The van der Waals surface area contributed by atoms with Crippen molar-refractivity contribution in [2.45, 2.75) is 63.7 Å². The largest absolute Gasteiger partial charge is 0.610 e. The quantitative estimate of drug-likeness (QED) is 0.268. The minimum absolute atomic E-state index is 0.0879. The summed E-state index contributed by atoms with van der Waals surface area (Å²) >= 11 is 0. The van der Waals surface area contributed by atoms with Crippen molar-refractivity contribution in [2.24, 2.45) is 5.92 Å². The molecule has 0 radical (unpaired) electrons. The first kappa shape index (κ1) is 29.4. The number of hydrogen-bond acceptors (Lipinski definition) is 9. The summed E-state index contributed by atoms with van der Waals surface area (Å²) in [7, 11) is 2.92. The number of ether oxygens (including phenoxy) is 1. The van der Waals surface area contributed by atoms with Gasteiger partial charge in [-0.3, -0.25) is 9.59 Å². The highest BCUT2D eigenvalue weighted by Crippen LogP contribution is 2.39. The van der Waals surface area contributed by atoms with Crippen molar-refractivity contribution in [2.75, 3.05) is 14.2 Å². The zero-order valence-electron chi connectivity index (χ0n) is 23.3. The predicted octanol–water partition coefficient (Wildman–Crippen LogP) is 0.554. The fraction of sp³-hybridized carbons (Fsp3) is 0.464. The van der Waals surface area contributed by atoms with Gasteiger partial charge in [0.1, 0.15) is 11.7 Å². The first-order chi connectivity index (χ1) is 19.0. The highest BCUT2D eigenvalue weighted by Gasteiger charge is 2.70. The van der Waals surface area contributed by atoms with Crippen LogP contribution in [0.1, 0.15) is 44.1 Å². The number of pyridine rings is 1. The van der Waals surface area contributed by atoms with E-state index in [-0.39, 0.29) is 18.0 Å². The van der Waals surface area contributed by atoms with Crippen molar-refractivity contribution in [3.05, 3.63) is 54.2 Å². The molecule has 214 valence electrons. The second-order valence-corrected chi connectivity index (χ2v) is 11.0. The van der Waals surface area contributed by atoms with Crippen LogP contribution in [0.5, 0.6) is 0 Å². The molecule has 2 aromatic rings. The van der Waals surface area contributed by atoms with Crippen LogP contribution in [0.3, 0.4) is 0 Å². The highest BCUT2D eigenvalue weighted by molar-refractivity contribution is 6.65. The van der Waals surface area contributed by atoms with Crippen LogP contribution < -0.4 is 10.1 Å². The molecule has 3 N–H and O–H groups in total. The molecule has 2 fully saturated rings. The fourth-order valence-electron chi connectivity index (χ4n) is 5.88. The summed E-state index contributed by atoms with van der Waals surface area (Å²) in [6.45, 7) is 2.89. The molecule has 40 heavy (non-hydrogen) atoms. The average molecular weight is 553 g/mol. The third-order valence-electron chi connectivity index (χ3n) is 7.78. The Morgan fingerprint density at radius 1 is 1.12 bits per heavy atom. The van der Waals surface area contributed by atoms with Gasteiger partial charge in [0, 0.05) is 12.6 Å². The van der Waals surface area contributed by atoms with Crippen LogP contribution in [-0.2, 0) is 28.4 Å². The number of quaternary nitrogens is 1. The van der Waals surface area contributed by atoms with E-state index < -0.39 is 60.4 Å². The zero-order valence-corrected chi connectivity index (χ0v) is 23.3. The first-order valence-electron chi connectivity index (χ1n) is 13.5. The van der Waals surface area contributed by atoms with Crippen LogP contribution in [0.4, 0.5) is 0 Å². The van der Waals surface area contributed by atoms with Gasteiger partial charge in [0.25, 0.3) is 5.91 Å². The molecule has 0 saturated carbocycles. The van der Waals surface area contributed by atoms with Gasteiger partial charge in [-0.15, -0.1) is 0 Å². The molecule has 7 atom stereocenters. The van der Waals surface area contributed by atoms with E-state index in [2.05, 4.69) is 10.3 Å². The molecule has 2 unspecified atom stereocenters. The van der Waals surface area contributed by atoms with Gasteiger partial charge in [-0.25, -0.2) is 14.6 Å². The van der Waals surface area contributed by atoms with Crippen LogP contribution in [0.15, 0.2) is 48.5 Å². The van der Waals surface area contributed by atoms with Crippen LogP contribution >= 0.6 is 0 Å². The van der Waals surface area contributed by atoms with Crippen molar-refractivity contribution >= 4 is 30.3 Å². The SMILES string of the molecule is COC(=O)[C@@H]1O[B-]2([C@@H](CC(=O)[C@@H](NC(=O)c3cccc(-c4ccccc4)n3)[C@@H](C)O)CC(C)C)OC(=O)[C@H]1[NH+]2C. The van der Waals surface area contributed by atoms with Crippen molar-refractivity contribution in [3.8, 4) is 11.3 Å². The van der Waals surface area contributed by atoms with Gasteiger partial charge in [-0.05, 0) is 37.2 Å². The number of nitrogens with one attached hydrogen (secondary N) is 2. The van der Waals surface area contributed by atoms with E-state index in [0.29, 0.717) is 16.9 Å². The summed E-state index contributed by atoms with van der Waals surface area (Å²) in [5.74, 6) is -2.84. The van der Waals surface area contributed by atoms with E-state index in [1.165, 1.54) is 20.1 Å². The summed E-state index contributed by atoms with van der Waals surface area (Å²) in [4.78, 5) is 56.9. The van der Waals surface area contributed by atoms with E-state index in [1.807, 2.05) is 44.2 Å². The number of carbonyl (C=O) groups excluding carboxylic acids is 4. The maximum absolute atomic E-state index is 13.6. The Labute approximate surface area is 233 Å². The third kappa shape index (κ3) is 5.65. The maximum Gasteiger partial charge on any atom is 0.530 e. The summed E-state index contributed by atoms with van der Waals surface area (Å²) in [6, 6.07) is 12.2. The van der Waals surface area contributed by atoms with Crippen LogP contribution in [0.2, 0.25) is 5.82 Å². The molecular weight excluding hydrogens is 517 g/mol. The summed E-state index contributed by atoms with van der Waals surface area (Å²) in [5, 5.41) is 13.1. The number of carbonyl (C=O) groups is 4. The zero-order chi connectivity index (χ0) is 29.2. The molecule has 3 heterocycles. The number of methoxy groups -OCH3 is 1. The van der Waals surface area contributed by atoms with Gasteiger partial charge < -0.3 is 29.3 Å². The number of Topliss-reactive ketones (excluding diaryl/α,β-unsaturated/α-hetero) is 1. The van der Waals surface area contributed by atoms with Crippen molar-refractivity contribution < 1.29 is 43.1 Å². The van der Waals surface area contributed by atoms with Gasteiger partial charge >= 0.3 is 18.6 Å². The molecule has 2 aliphatic rings. The van der Waals surface area contributed by atoms with Crippen LogP contribution in [-0.4, -0.2) is 78.9 Å². The van der Waals surface area contributed by atoms with Gasteiger partial charge in [-0.2, -0.15) is 0 Å². The Hall–Kier alpha value is -3.61. The van der Waals surface area contributed by atoms with Crippen molar-refractivity contribution in [3.63, 3.8) is 0 Å². The van der Waals surface area contributed by atoms with E-state index in [0.717, 1.165) is 5.56 Å². The smallest absolute Gasteiger partial charge is 0.530 e. The topological polar surface area (TPSA) is 146 Å². The van der Waals surface area contributed by atoms with Crippen molar-refractivity contribution in [1.29, 1.82) is 0 Å². The molecule has 0 aliphatic carbocycles. The molecule has 4 rings (SSSR count). The molecule has 2 saturated heterocycles. The normalized spacial score (nSPS) is 25.7. The minimum Gasteiger partial charge on any atom is -0.610 e. The Bertz CT molecular complexity index is 1270. The van der Waals surface area contributed by atoms with E-state index in [4.69, 9.17) is 14.0 Å². The van der Waals surface area contributed by atoms with Gasteiger partial charge in [-0.1, -0.05) is 56.7 Å². The van der Waals surface area contributed by atoms with Crippen LogP contribution in [0, 0.1) is 5.92 Å². The Kier molecular flexibility index (Phi) is 8.72. The monoisotopic (exact) mass is 553 g/mol. The minimum atomic E-state index is -2.44. The number of esters is 1. The molecule has 2 bridgehead atoms. The second-order valence-electron chi connectivity index (χ2n) is 11.0. The number of aliphatic hydroxyl groups excluding tert-OH is 1. The maximum atomic E-state index is 13.6. The predicted molar refractivity (Wildman–Crippen MR) is 145 cm³/mol. The molecule has 2 aliphatic heterocycles. The van der Waals surface area contributed by atoms with Gasteiger partial charge in [0.15, 0.2) is 17.9 Å². The summed E-state index contributed by atoms with van der Waals surface area (Å²) < 4.78 is 16.7. The number of ketones is 1. The number of hydrogen-bond donors (Lipinski definition) is 3. The molecule has 12 heteroatoms. The highest BCUT2D eigenvalue weighted by atomic mass is 16.7. The Morgan fingerprint density at radius 3 is 2.45 bits per heavy atom. The summed E-state index contributed by atoms with van der Waals surface area (Å²) in [6.07, 6.45) is -2.06. The lowest BCUT2D eigenvalue weighted by Gasteiger charge is -2.39. The molecule has 1 aromatic carbocycles. The molecule has 0 spiro atoms. The summed E-state index contributed by atoms with van der Waals surface area (Å²) in [5.41, 5.74) is 1.52. The number of nitrogens with zero attached hydrogens (tertiary/aromatic N) is 1. The number of likely N-dealkylation sites (N-methyl/N-ethyl adjacent to an activating group) is 1. The van der Waals surface area contributed by atoms with Gasteiger partial charge in [0.05, 0.1) is 18.9 Å². The van der Waals surface area contributed by atoms with Crippen molar-refractivity contribution in [1.82, 2.24) is 10.3 Å². The number of aliphatic hydroxyl groups is 1. The lowest BCUT2D eigenvalue weighted by atomic mass is 9.53. The standard InChI is InChI=1S/C28H36BN3O8/c1-16(2)14-19(29-32(4)24(27(36)40-29)25(39-29)28(37)38-5)15-22(34)23(17(3)33)31-26(35)21-13-9-12-20(30-21)18-10-7-6-8-11-18/h6-13,16-17,19,23-25,32-33H,14-15H2,1-5H3,(H,31,35)/t17-,19-,23+,24+,25-,29?/m1/s1. The van der Waals surface area contributed by atoms with E-state index >= 15 is 0 Å². The number of fused-ring (bicyclic) bond motifs is 2. The molecular formula is C28H36BN3O8. The first-order valence-corrected chi connectivity index (χ1v) is 13.5. The molecule has 1 aromatic heterocycles. The third-order valence-corrected chi connectivity index (χ3v) is 7.78. The Balaban J connectivity index is 1.55. The number of rotatable bonds is 11. The molecule has 1 amide bonds. The number of aromatic nitrogens is 1. The number of amides is 1.